The topological polar surface area (TPSA) is 56.1 Å². The van der Waals surface area contributed by atoms with Gasteiger partial charge in [0.2, 0.25) is 0 Å². The number of carbonyl (C=O) groups excluding carboxylic acids is 1. The molecule has 0 aromatic heterocycles. The van der Waals surface area contributed by atoms with E-state index in [1.165, 1.54) is 0 Å². The van der Waals surface area contributed by atoms with E-state index >= 15 is 0 Å². The van der Waals surface area contributed by atoms with Crippen LogP contribution in [0.4, 0.5) is 0 Å². The first-order valence-corrected chi connectivity index (χ1v) is 6.32. The van der Waals surface area contributed by atoms with Crippen LogP contribution in [-0.4, -0.2) is 30.4 Å². The van der Waals surface area contributed by atoms with Gasteiger partial charge in [-0.1, -0.05) is 13.8 Å². The molecule has 4 heteroatoms. The first-order valence-electron chi connectivity index (χ1n) is 6.32. The maximum absolute atomic E-state index is 12.0. The summed E-state index contributed by atoms with van der Waals surface area (Å²) in [5.41, 5.74) is 0.216. The van der Waals surface area contributed by atoms with E-state index in [1.54, 1.807) is 11.1 Å². The average molecular weight is 235 g/mol. The lowest BCUT2D eigenvalue weighted by Crippen LogP contribution is -2.38. The molecule has 0 aliphatic carbocycles. The molecule has 1 saturated heterocycles. The van der Waals surface area contributed by atoms with E-state index < -0.39 is 0 Å². The Kier molecular flexibility index (Phi) is 5.55. The van der Waals surface area contributed by atoms with Crippen molar-refractivity contribution in [3.63, 3.8) is 0 Å². The van der Waals surface area contributed by atoms with Crippen molar-refractivity contribution in [2.24, 2.45) is 5.92 Å². The van der Waals surface area contributed by atoms with Crippen molar-refractivity contribution in [2.75, 3.05) is 19.6 Å². The van der Waals surface area contributed by atoms with Gasteiger partial charge in [-0.05, 0) is 25.2 Å². The monoisotopic (exact) mass is 235 g/mol. The number of nitrogens with one attached hydrogen (secondary N) is 1. The molecule has 1 aliphatic heterocycles. The van der Waals surface area contributed by atoms with Gasteiger partial charge in [0, 0.05) is 25.8 Å². The second-order valence-corrected chi connectivity index (χ2v) is 4.60. The smallest absolute Gasteiger partial charge is 0.265 e. The number of likely N-dealkylation sites (tertiary alicyclic amines) is 1. The van der Waals surface area contributed by atoms with Crippen molar-refractivity contribution < 1.29 is 4.79 Å². The lowest BCUT2D eigenvalue weighted by atomic mass is 9.99. The molecule has 0 atom stereocenters. The summed E-state index contributed by atoms with van der Waals surface area (Å²) < 4.78 is 0. The van der Waals surface area contributed by atoms with Crippen LogP contribution < -0.4 is 5.32 Å². The van der Waals surface area contributed by atoms with Crippen LogP contribution in [0.15, 0.2) is 11.8 Å². The molecular weight excluding hydrogens is 214 g/mol. The van der Waals surface area contributed by atoms with E-state index in [-0.39, 0.29) is 11.5 Å². The molecule has 0 saturated carbocycles. The number of nitrogens with zero attached hydrogens (tertiary/aromatic N) is 2. The predicted molar refractivity (Wildman–Crippen MR) is 67.0 cm³/mol. The molecule has 0 bridgehead atoms. The predicted octanol–water partition coefficient (Wildman–Crippen LogP) is 1.65. The van der Waals surface area contributed by atoms with Crippen LogP contribution in [0, 0.1) is 17.2 Å². The Labute approximate surface area is 103 Å². The van der Waals surface area contributed by atoms with E-state index in [4.69, 9.17) is 5.26 Å². The van der Waals surface area contributed by atoms with Gasteiger partial charge < -0.3 is 10.2 Å². The minimum absolute atomic E-state index is 0.136. The summed E-state index contributed by atoms with van der Waals surface area (Å²) in [5, 5.41) is 12.0. The Bertz CT molecular complexity index is 322. The van der Waals surface area contributed by atoms with Gasteiger partial charge >= 0.3 is 0 Å². The summed E-state index contributed by atoms with van der Waals surface area (Å²) in [4.78, 5) is 13.8. The van der Waals surface area contributed by atoms with E-state index in [0.717, 1.165) is 38.9 Å². The van der Waals surface area contributed by atoms with Crippen molar-refractivity contribution in [3.8, 4) is 6.07 Å². The third kappa shape index (κ3) is 4.10. The Morgan fingerprint density at radius 1 is 1.53 bits per heavy atom. The summed E-state index contributed by atoms with van der Waals surface area (Å²) in [6, 6.07) is 1.98. The fourth-order valence-electron chi connectivity index (χ4n) is 1.84. The third-order valence-electron chi connectivity index (χ3n) is 3.06. The lowest BCUT2D eigenvalue weighted by molar-refractivity contribution is -0.128. The van der Waals surface area contributed by atoms with Gasteiger partial charge in [-0.15, -0.1) is 0 Å². The van der Waals surface area contributed by atoms with Crippen molar-refractivity contribution in [2.45, 2.75) is 33.1 Å². The number of carbonyl (C=O) groups is 1. The van der Waals surface area contributed by atoms with Gasteiger partial charge in [-0.3, -0.25) is 4.79 Å². The van der Waals surface area contributed by atoms with Gasteiger partial charge in [0.1, 0.15) is 11.6 Å². The van der Waals surface area contributed by atoms with Gasteiger partial charge in [-0.2, -0.15) is 5.26 Å². The Morgan fingerprint density at radius 3 is 2.71 bits per heavy atom. The number of rotatable bonds is 4. The fourth-order valence-corrected chi connectivity index (χ4v) is 1.84. The molecule has 17 heavy (non-hydrogen) atoms. The van der Waals surface area contributed by atoms with Crippen LogP contribution in [0.5, 0.6) is 0 Å². The molecule has 0 aromatic carbocycles. The molecule has 94 valence electrons. The molecule has 1 fully saturated rings. The lowest BCUT2D eigenvalue weighted by Gasteiger charge is -2.30. The first-order chi connectivity index (χ1) is 8.19. The third-order valence-corrected chi connectivity index (χ3v) is 3.06. The van der Waals surface area contributed by atoms with Crippen LogP contribution >= 0.6 is 0 Å². The molecule has 1 aliphatic rings. The molecule has 1 amide bonds. The van der Waals surface area contributed by atoms with Crippen LogP contribution in [0.2, 0.25) is 0 Å². The Balaban J connectivity index is 2.55. The van der Waals surface area contributed by atoms with Gasteiger partial charge in [-0.25, -0.2) is 0 Å². The molecule has 0 spiro atoms. The highest BCUT2D eigenvalue weighted by Gasteiger charge is 2.22. The summed E-state index contributed by atoms with van der Waals surface area (Å²) in [7, 11) is 0. The molecule has 1 N–H and O–H groups in total. The van der Waals surface area contributed by atoms with Crippen molar-refractivity contribution in [1.29, 1.82) is 5.26 Å². The highest BCUT2D eigenvalue weighted by molar-refractivity contribution is 5.97. The quantitative estimate of drug-likeness (QED) is 0.458. The number of amides is 1. The van der Waals surface area contributed by atoms with Crippen molar-refractivity contribution in [3.05, 3.63) is 11.8 Å². The maximum atomic E-state index is 12.0. The molecule has 0 unspecified atom stereocenters. The summed E-state index contributed by atoms with van der Waals surface area (Å²) in [6.07, 6.45) is 4.59. The van der Waals surface area contributed by atoms with E-state index in [9.17, 15) is 4.79 Å². The number of nitriles is 1. The van der Waals surface area contributed by atoms with Crippen molar-refractivity contribution >= 4 is 5.91 Å². The van der Waals surface area contributed by atoms with Crippen molar-refractivity contribution in [1.82, 2.24) is 10.2 Å². The second-order valence-electron chi connectivity index (χ2n) is 4.60. The average Bonchev–Trinajstić information content (AvgIpc) is 2.35. The SMILES string of the molecule is CCCN/C=C(/C#N)C(=O)N1CCC(C)CC1. The molecule has 1 rings (SSSR count). The fraction of sp³-hybridized carbons (Fsp3) is 0.692. The number of hydrogen-bond donors (Lipinski definition) is 1. The summed E-state index contributed by atoms with van der Waals surface area (Å²) in [5.74, 6) is 0.551. The van der Waals surface area contributed by atoms with Gasteiger partial charge in [0.15, 0.2) is 0 Å². The van der Waals surface area contributed by atoms with E-state index in [1.807, 2.05) is 13.0 Å². The molecule has 0 radical (unpaired) electrons. The Hall–Kier alpha value is -1.50. The van der Waals surface area contributed by atoms with E-state index in [2.05, 4.69) is 12.2 Å². The minimum Gasteiger partial charge on any atom is -0.390 e. The van der Waals surface area contributed by atoms with Crippen LogP contribution in [0.25, 0.3) is 0 Å². The number of piperidine rings is 1. The Morgan fingerprint density at radius 2 is 2.18 bits per heavy atom. The van der Waals surface area contributed by atoms with Crippen LogP contribution in [-0.2, 0) is 4.79 Å². The zero-order valence-corrected chi connectivity index (χ0v) is 10.7. The summed E-state index contributed by atoms with van der Waals surface area (Å²) >= 11 is 0. The molecular formula is C13H21N3O. The number of hydrogen-bond acceptors (Lipinski definition) is 3. The highest BCUT2D eigenvalue weighted by atomic mass is 16.2. The minimum atomic E-state index is -0.136. The molecule has 0 aromatic rings. The van der Waals surface area contributed by atoms with Gasteiger partial charge in [0.05, 0.1) is 0 Å². The standard InChI is InChI=1S/C13H21N3O/c1-3-6-15-10-12(9-14)13(17)16-7-4-11(2)5-8-16/h10-11,15H,3-8H2,1-2H3/b12-10-. The molecule has 4 nitrogen and oxygen atoms in total. The maximum Gasteiger partial charge on any atom is 0.265 e. The largest absolute Gasteiger partial charge is 0.390 e. The zero-order valence-electron chi connectivity index (χ0n) is 10.7. The first kappa shape index (κ1) is 13.6. The van der Waals surface area contributed by atoms with Gasteiger partial charge in [0.25, 0.3) is 5.91 Å². The summed E-state index contributed by atoms with van der Waals surface area (Å²) in [6.45, 7) is 6.57. The second kappa shape index (κ2) is 6.95. The van der Waals surface area contributed by atoms with Crippen LogP contribution in [0.3, 0.4) is 0 Å². The zero-order chi connectivity index (χ0) is 12.7. The van der Waals surface area contributed by atoms with E-state index in [0.29, 0.717) is 5.92 Å². The van der Waals surface area contributed by atoms with Crippen LogP contribution in [0.1, 0.15) is 33.1 Å². The highest BCUT2D eigenvalue weighted by Crippen LogP contribution is 2.17. The molecule has 1 heterocycles. The normalized spacial score (nSPS) is 17.7.